The highest BCUT2D eigenvalue weighted by Crippen LogP contribution is 2.21. The SMILES string of the molecule is CCCCN(CCC(N)CC(C)(C)C)C(C)CC. The molecular formula is C16H36N2. The van der Waals surface area contributed by atoms with Crippen molar-refractivity contribution >= 4 is 0 Å². The van der Waals surface area contributed by atoms with Gasteiger partial charge in [0, 0.05) is 12.1 Å². The Hall–Kier alpha value is -0.0800. The van der Waals surface area contributed by atoms with E-state index in [0.717, 1.165) is 19.4 Å². The highest BCUT2D eigenvalue weighted by Gasteiger charge is 2.17. The predicted molar refractivity (Wildman–Crippen MR) is 82.9 cm³/mol. The van der Waals surface area contributed by atoms with Crippen LogP contribution in [0.15, 0.2) is 0 Å². The van der Waals surface area contributed by atoms with Gasteiger partial charge in [-0.25, -0.2) is 0 Å². The summed E-state index contributed by atoms with van der Waals surface area (Å²) in [5.74, 6) is 0. The summed E-state index contributed by atoms with van der Waals surface area (Å²) in [6.07, 6.45) is 6.07. The summed E-state index contributed by atoms with van der Waals surface area (Å²) in [4.78, 5) is 2.62. The van der Waals surface area contributed by atoms with Crippen LogP contribution in [0.2, 0.25) is 0 Å². The first-order valence-corrected chi connectivity index (χ1v) is 7.79. The van der Waals surface area contributed by atoms with Crippen molar-refractivity contribution in [3.63, 3.8) is 0 Å². The van der Waals surface area contributed by atoms with Gasteiger partial charge in [-0.3, -0.25) is 0 Å². The van der Waals surface area contributed by atoms with Crippen molar-refractivity contribution in [3.8, 4) is 0 Å². The average Bonchev–Trinajstić information content (AvgIpc) is 2.26. The molecule has 0 aromatic heterocycles. The summed E-state index contributed by atoms with van der Waals surface area (Å²) < 4.78 is 0. The van der Waals surface area contributed by atoms with Gasteiger partial charge in [0.15, 0.2) is 0 Å². The minimum Gasteiger partial charge on any atom is -0.328 e. The van der Waals surface area contributed by atoms with Crippen molar-refractivity contribution < 1.29 is 0 Å². The second-order valence-corrected chi connectivity index (χ2v) is 6.96. The highest BCUT2D eigenvalue weighted by molar-refractivity contribution is 4.74. The van der Waals surface area contributed by atoms with Crippen LogP contribution in [0, 0.1) is 5.41 Å². The van der Waals surface area contributed by atoms with Crippen LogP contribution < -0.4 is 5.73 Å². The molecule has 0 radical (unpaired) electrons. The van der Waals surface area contributed by atoms with Gasteiger partial charge in [-0.15, -0.1) is 0 Å². The molecule has 18 heavy (non-hydrogen) atoms. The zero-order chi connectivity index (χ0) is 14.2. The Balaban J connectivity index is 4.08. The summed E-state index contributed by atoms with van der Waals surface area (Å²) in [6, 6.07) is 1.04. The van der Waals surface area contributed by atoms with Gasteiger partial charge in [0.05, 0.1) is 0 Å². The lowest BCUT2D eigenvalue weighted by molar-refractivity contribution is 0.188. The van der Waals surface area contributed by atoms with E-state index in [1.54, 1.807) is 0 Å². The fraction of sp³-hybridized carbons (Fsp3) is 1.00. The van der Waals surface area contributed by atoms with E-state index < -0.39 is 0 Å². The lowest BCUT2D eigenvalue weighted by atomic mass is 9.87. The smallest absolute Gasteiger partial charge is 0.00643 e. The van der Waals surface area contributed by atoms with Crippen molar-refractivity contribution in [3.05, 3.63) is 0 Å². The highest BCUT2D eigenvalue weighted by atomic mass is 15.1. The number of hydrogen-bond donors (Lipinski definition) is 1. The van der Waals surface area contributed by atoms with E-state index in [4.69, 9.17) is 5.73 Å². The van der Waals surface area contributed by atoms with E-state index in [1.807, 2.05) is 0 Å². The van der Waals surface area contributed by atoms with Gasteiger partial charge in [-0.1, -0.05) is 41.0 Å². The van der Waals surface area contributed by atoms with Crippen LogP contribution in [0.25, 0.3) is 0 Å². The Labute approximate surface area is 115 Å². The monoisotopic (exact) mass is 256 g/mol. The van der Waals surface area contributed by atoms with Gasteiger partial charge in [-0.05, 0) is 51.1 Å². The van der Waals surface area contributed by atoms with Crippen LogP contribution in [0.1, 0.15) is 73.6 Å². The lowest BCUT2D eigenvalue weighted by Gasteiger charge is -2.30. The van der Waals surface area contributed by atoms with E-state index in [2.05, 4.69) is 46.4 Å². The molecule has 2 heteroatoms. The summed E-state index contributed by atoms with van der Waals surface area (Å²) >= 11 is 0. The number of nitrogens with zero attached hydrogens (tertiary/aromatic N) is 1. The zero-order valence-corrected chi connectivity index (χ0v) is 13.6. The minimum absolute atomic E-state index is 0.346. The Morgan fingerprint density at radius 2 is 1.72 bits per heavy atom. The van der Waals surface area contributed by atoms with E-state index in [9.17, 15) is 0 Å². The molecule has 0 fully saturated rings. The molecule has 0 aliphatic carbocycles. The van der Waals surface area contributed by atoms with Crippen molar-refractivity contribution in [2.75, 3.05) is 13.1 Å². The fourth-order valence-corrected chi connectivity index (χ4v) is 2.39. The molecule has 0 bridgehead atoms. The number of unbranched alkanes of at least 4 members (excludes halogenated alkanes) is 1. The maximum atomic E-state index is 6.25. The number of hydrogen-bond acceptors (Lipinski definition) is 2. The van der Waals surface area contributed by atoms with Crippen LogP contribution in [-0.2, 0) is 0 Å². The topological polar surface area (TPSA) is 29.3 Å². The largest absolute Gasteiger partial charge is 0.328 e. The average molecular weight is 256 g/mol. The van der Waals surface area contributed by atoms with E-state index >= 15 is 0 Å². The Kier molecular flexibility index (Phi) is 8.89. The summed E-state index contributed by atoms with van der Waals surface area (Å²) in [5.41, 5.74) is 6.60. The molecule has 2 N–H and O–H groups in total. The second kappa shape index (κ2) is 8.92. The lowest BCUT2D eigenvalue weighted by Crippen LogP contribution is -2.38. The van der Waals surface area contributed by atoms with Crippen molar-refractivity contribution in [1.29, 1.82) is 0 Å². The third kappa shape index (κ3) is 8.93. The molecule has 0 spiro atoms. The molecule has 0 aromatic carbocycles. The zero-order valence-electron chi connectivity index (χ0n) is 13.6. The van der Waals surface area contributed by atoms with Crippen LogP contribution >= 0.6 is 0 Å². The predicted octanol–water partition coefficient (Wildman–Crippen LogP) is 4.04. The first-order valence-electron chi connectivity index (χ1n) is 7.79. The van der Waals surface area contributed by atoms with E-state index in [0.29, 0.717) is 17.5 Å². The molecule has 110 valence electrons. The van der Waals surface area contributed by atoms with Crippen molar-refractivity contribution in [1.82, 2.24) is 4.90 Å². The summed E-state index contributed by atoms with van der Waals surface area (Å²) in [7, 11) is 0. The molecule has 2 nitrogen and oxygen atoms in total. The summed E-state index contributed by atoms with van der Waals surface area (Å²) in [6.45, 7) is 16.1. The molecule has 0 saturated heterocycles. The molecule has 0 saturated carbocycles. The molecule has 0 amide bonds. The van der Waals surface area contributed by atoms with E-state index in [1.165, 1.54) is 25.8 Å². The fourth-order valence-electron chi connectivity index (χ4n) is 2.39. The van der Waals surface area contributed by atoms with E-state index in [-0.39, 0.29) is 0 Å². The first-order chi connectivity index (χ1) is 8.30. The first kappa shape index (κ1) is 17.9. The second-order valence-electron chi connectivity index (χ2n) is 6.96. The molecular weight excluding hydrogens is 220 g/mol. The quantitative estimate of drug-likeness (QED) is 0.674. The maximum Gasteiger partial charge on any atom is 0.00643 e. The van der Waals surface area contributed by atoms with Crippen LogP contribution in [0.4, 0.5) is 0 Å². The van der Waals surface area contributed by atoms with Gasteiger partial charge in [0.2, 0.25) is 0 Å². The van der Waals surface area contributed by atoms with Gasteiger partial charge in [0.1, 0.15) is 0 Å². The molecule has 0 aliphatic rings. The standard InChI is InChI=1S/C16H36N2/c1-7-9-11-18(14(3)8-2)12-10-15(17)13-16(4,5)6/h14-15H,7-13,17H2,1-6H3. The van der Waals surface area contributed by atoms with Crippen LogP contribution in [0.3, 0.4) is 0 Å². The minimum atomic E-state index is 0.346. The van der Waals surface area contributed by atoms with Gasteiger partial charge in [0.25, 0.3) is 0 Å². The molecule has 2 unspecified atom stereocenters. The maximum absolute atomic E-state index is 6.25. The van der Waals surface area contributed by atoms with Gasteiger partial charge in [-0.2, -0.15) is 0 Å². The number of nitrogens with two attached hydrogens (primary N) is 1. The third-order valence-corrected chi connectivity index (χ3v) is 3.67. The van der Waals surface area contributed by atoms with Crippen LogP contribution in [-0.4, -0.2) is 30.1 Å². The molecule has 0 rings (SSSR count). The molecule has 2 atom stereocenters. The number of rotatable bonds is 9. The van der Waals surface area contributed by atoms with Gasteiger partial charge >= 0.3 is 0 Å². The normalized spacial score (nSPS) is 16.0. The molecule has 0 heterocycles. The summed E-state index contributed by atoms with van der Waals surface area (Å²) in [5, 5.41) is 0. The molecule has 0 aliphatic heterocycles. The van der Waals surface area contributed by atoms with Crippen molar-refractivity contribution in [2.24, 2.45) is 11.1 Å². The van der Waals surface area contributed by atoms with Gasteiger partial charge < -0.3 is 10.6 Å². The van der Waals surface area contributed by atoms with Crippen LogP contribution in [0.5, 0.6) is 0 Å². The molecule has 0 aromatic rings. The Morgan fingerprint density at radius 3 is 2.17 bits per heavy atom. The third-order valence-electron chi connectivity index (χ3n) is 3.67. The van der Waals surface area contributed by atoms with Crippen molar-refractivity contribution in [2.45, 2.75) is 85.7 Å². The Bertz CT molecular complexity index is 196. The Morgan fingerprint density at radius 1 is 1.11 bits per heavy atom.